The van der Waals surface area contributed by atoms with E-state index in [4.69, 9.17) is 0 Å². The molecule has 0 radical (unpaired) electrons. The van der Waals surface area contributed by atoms with Gasteiger partial charge in [0.25, 0.3) is 0 Å². The van der Waals surface area contributed by atoms with Gasteiger partial charge in [0.1, 0.15) is 11.5 Å². The van der Waals surface area contributed by atoms with Crippen molar-refractivity contribution in [3.05, 3.63) is 108 Å². The number of phenolic OH excluding ortho intramolecular Hbond substituents is 2. The molecule has 0 unspecified atom stereocenters. The van der Waals surface area contributed by atoms with Crippen LogP contribution < -0.4 is 0 Å². The van der Waals surface area contributed by atoms with Crippen LogP contribution >= 0.6 is 0 Å². The molecule has 0 amide bonds. The molecule has 4 rings (SSSR count). The van der Waals surface area contributed by atoms with Crippen LogP contribution in [0.5, 0.6) is 11.5 Å². The van der Waals surface area contributed by atoms with Crippen LogP contribution in [0.2, 0.25) is 0 Å². The summed E-state index contributed by atoms with van der Waals surface area (Å²) in [5, 5.41) is 21.5. The smallest absolute Gasteiger partial charge is 0.123 e. The Hall–Kier alpha value is -3.52. The monoisotopic (exact) mass is 380 g/mol. The van der Waals surface area contributed by atoms with Gasteiger partial charge in [-0.2, -0.15) is 0 Å². The zero-order valence-corrected chi connectivity index (χ0v) is 16.6. The molecule has 4 aromatic rings. The number of aromatic hydroxyl groups is 2. The van der Waals surface area contributed by atoms with Crippen LogP contribution in [0.4, 0.5) is 0 Å². The average Bonchev–Trinajstić information content (AvgIpc) is 2.74. The first-order chi connectivity index (χ1) is 14.0. The first-order valence-corrected chi connectivity index (χ1v) is 9.76. The summed E-state index contributed by atoms with van der Waals surface area (Å²) in [4.78, 5) is 0. The van der Waals surface area contributed by atoms with Gasteiger partial charge in [-0.15, -0.1) is 0 Å². The third-order valence-electron chi connectivity index (χ3n) is 5.56. The van der Waals surface area contributed by atoms with Gasteiger partial charge in [-0.1, -0.05) is 98.8 Å². The Labute approximate surface area is 171 Å². The van der Waals surface area contributed by atoms with Crippen LogP contribution in [0, 0.1) is 0 Å². The van der Waals surface area contributed by atoms with E-state index in [1.54, 1.807) is 12.1 Å². The van der Waals surface area contributed by atoms with Crippen molar-refractivity contribution in [1.29, 1.82) is 0 Å². The van der Waals surface area contributed by atoms with Crippen LogP contribution in [0.3, 0.4) is 0 Å². The summed E-state index contributed by atoms with van der Waals surface area (Å²) >= 11 is 0. The van der Waals surface area contributed by atoms with E-state index in [1.807, 2.05) is 72.8 Å². The molecule has 0 fully saturated rings. The standard InChI is InChI=1S/C27H24O2/c1-27(2,21-15-9-17-23(28)25(21)19-11-5-3-6-12-19)22-16-10-18-24(29)26(22)20-13-7-4-8-14-20/h3-18,28-29H,1-2H3. The molecule has 0 saturated carbocycles. The van der Waals surface area contributed by atoms with Crippen LogP contribution in [-0.2, 0) is 5.41 Å². The Kier molecular flexibility index (Phi) is 4.85. The van der Waals surface area contributed by atoms with Gasteiger partial charge >= 0.3 is 0 Å². The van der Waals surface area contributed by atoms with E-state index in [0.717, 1.165) is 33.4 Å². The van der Waals surface area contributed by atoms with E-state index in [2.05, 4.69) is 26.0 Å². The summed E-state index contributed by atoms with van der Waals surface area (Å²) in [5.74, 6) is 0.506. The fraction of sp³-hybridized carbons (Fsp3) is 0.111. The highest BCUT2D eigenvalue weighted by Gasteiger charge is 2.31. The Morgan fingerprint density at radius 3 is 1.24 bits per heavy atom. The van der Waals surface area contributed by atoms with Crippen LogP contribution in [0.25, 0.3) is 22.3 Å². The molecule has 2 nitrogen and oxygen atoms in total. The Morgan fingerprint density at radius 1 is 0.483 bits per heavy atom. The molecule has 0 aliphatic carbocycles. The minimum Gasteiger partial charge on any atom is -0.507 e. The zero-order chi connectivity index (χ0) is 20.4. The van der Waals surface area contributed by atoms with Crippen molar-refractivity contribution in [3.8, 4) is 33.8 Å². The van der Waals surface area contributed by atoms with Crippen molar-refractivity contribution in [2.75, 3.05) is 0 Å². The van der Waals surface area contributed by atoms with Gasteiger partial charge in [-0.25, -0.2) is 0 Å². The minimum atomic E-state index is -0.464. The molecule has 29 heavy (non-hydrogen) atoms. The summed E-state index contributed by atoms with van der Waals surface area (Å²) in [6.07, 6.45) is 0. The quantitative estimate of drug-likeness (QED) is 0.411. The third kappa shape index (κ3) is 3.38. The van der Waals surface area contributed by atoms with Crippen molar-refractivity contribution in [2.45, 2.75) is 19.3 Å². The fourth-order valence-electron chi connectivity index (χ4n) is 4.08. The largest absolute Gasteiger partial charge is 0.507 e. The number of benzene rings is 4. The molecule has 2 heteroatoms. The van der Waals surface area contributed by atoms with Crippen molar-refractivity contribution in [1.82, 2.24) is 0 Å². The summed E-state index contributed by atoms with van der Waals surface area (Å²) in [6.45, 7) is 4.27. The maximum atomic E-state index is 10.7. The normalized spacial score (nSPS) is 11.4. The predicted molar refractivity (Wildman–Crippen MR) is 119 cm³/mol. The molecule has 0 spiro atoms. The molecule has 4 aromatic carbocycles. The van der Waals surface area contributed by atoms with E-state index in [1.165, 1.54) is 0 Å². The SMILES string of the molecule is CC(C)(c1cccc(O)c1-c1ccccc1)c1cccc(O)c1-c1ccccc1. The molecule has 0 bridgehead atoms. The topological polar surface area (TPSA) is 40.5 Å². The van der Waals surface area contributed by atoms with E-state index in [9.17, 15) is 10.2 Å². The maximum Gasteiger partial charge on any atom is 0.123 e. The zero-order valence-electron chi connectivity index (χ0n) is 16.6. The highest BCUT2D eigenvalue weighted by atomic mass is 16.3. The molecule has 0 aliphatic rings. The number of hydrogen-bond acceptors (Lipinski definition) is 2. The Bertz CT molecular complexity index is 1040. The van der Waals surface area contributed by atoms with Gasteiger partial charge in [0.05, 0.1) is 0 Å². The van der Waals surface area contributed by atoms with Gasteiger partial charge in [0, 0.05) is 16.5 Å². The molecular formula is C27H24O2. The van der Waals surface area contributed by atoms with Gasteiger partial charge in [0.2, 0.25) is 0 Å². The molecular weight excluding hydrogens is 356 g/mol. The number of hydrogen-bond donors (Lipinski definition) is 2. The molecule has 0 aromatic heterocycles. The second kappa shape index (κ2) is 7.48. The van der Waals surface area contributed by atoms with Crippen molar-refractivity contribution in [3.63, 3.8) is 0 Å². The molecule has 0 aliphatic heterocycles. The number of rotatable bonds is 4. The van der Waals surface area contributed by atoms with E-state index < -0.39 is 5.41 Å². The predicted octanol–water partition coefficient (Wildman–Crippen LogP) is 6.76. The summed E-state index contributed by atoms with van der Waals surface area (Å²) in [5.41, 5.74) is 5.12. The summed E-state index contributed by atoms with van der Waals surface area (Å²) < 4.78 is 0. The van der Waals surface area contributed by atoms with Crippen LogP contribution in [-0.4, -0.2) is 10.2 Å². The van der Waals surface area contributed by atoms with Crippen LogP contribution in [0.15, 0.2) is 97.1 Å². The Morgan fingerprint density at radius 2 is 0.862 bits per heavy atom. The first kappa shape index (κ1) is 18.8. The van der Waals surface area contributed by atoms with Crippen molar-refractivity contribution >= 4 is 0 Å². The second-order valence-electron chi connectivity index (χ2n) is 7.76. The molecule has 2 N–H and O–H groups in total. The van der Waals surface area contributed by atoms with Gasteiger partial charge in [-0.05, 0) is 34.4 Å². The fourth-order valence-corrected chi connectivity index (χ4v) is 4.08. The van der Waals surface area contributed by atoms with Crippen LogP contribution in [0.1, 0.15) is 25.0 Å². The Balaban J connectivity index is 1.98. The minimum absolute atomic E-state index is 0.253. The van der Waals surface area contributed by atoms with Gasteiger partial charge in [0.15, 0.2) is 0 Å². The highest BCUT2D eigenvalue weighted by Crippen LogP contribution is 2.46. The van der Waals surface area contributed by atoms with Crippen molar-refractivity contribution in [2.24, 2.45) is 0 Å². The van der Waals surface area contributed by atoms with E-state index in [-0.39, 0.29) is 11.5 Å². The van der Waals surface area contributed by atoms with E-state index in [0.29, 0.717) is 0 Å². The van der Waals surface area contributed by atoms with Gasteiger partial charge in [-0.3, -0.25) is 0 Å². The van der Waals surface area contributed by atoms with E-state index >= 15 is 0 Å². The third-order valence-corrected chi connectivity index (χ3v) is 5.56. The molecule has 0 saturated heterocycles. The second-order valence-corrected chi connectivity index (χ2v) is 7.76. The lowest BCUT2D eigenvalue weighted by Gasteiger charge is -2.31. The first-order valence-electron chi connectivity index (χ1n) is 9.76. The summed E-state index contributed by atoms with van der Waals surface area (Å²) in [7, 11) is 0. The lowest BCUT2D eigenvalue weighted by molar-refractivity contribution is 0.472. The lowest BCUT2D eigenvalue weighted by Crippen LogP contribution is -2.21. The lowest BCUT2D eigenvalue weighted by atomic mass is 9.72. The molecule has 0 heterocycles. The average molecular weight is 380 g/mol. The molecule has 144 valence electrons. The van der Waals surface area contributed by atoms with Gasteiger partial charge < -0.3 is 10.2 Å². The maximum absolute atomic E-state index is 10.7. The van der Waals surface area contributed by atoms with Crippen molar-refractivity contribution < 1.29 is 10.2 Å². The molecule has 0 atom stereocenters. The summed E-state index contributed by atoms with van der Waals surface area (Å²) in [6, 6.07) is 31.2. The number of phenols is 2. The highest BCUT2D eigenvalue weighted by molar-refractivity contribution is 5.80.